The number of nitrogens with one attached hydrogen (secondary N) is 1. The van der Waals surface area contributed by atoms with Gasteiger partial charge in [0.05, 0.1) is 6.10 Å². The molecule has 2 aromatic carbocycles. The number of rotatable bonds is 7. The minimum absolute atomic E-state index is 0.234. The Morgan fingerprint density at radius 3 is 2.91 bits per heavy atom. The lowest BCUT2D eigenvalue weighted by Crippen LogP contribution is -2.25. The van der Waals surface area contributed by atoms with Gasteiger partial charge in [-0.1, -0.05) is 30.3 Å². The molecule has 0 aliphatic carbocycles. The van der Waals surface area contributed by atoms with Gasteiger partial charge in [-0.05, 0) is 36.6 Å². The van der Waals surface area contributed by atoms with E-state index in [9.17, 15) is 4.39 Å². The number of hydrogen-bond acceptors (Lipinski definition) is 3. The topological polar surface area (TPSA) is 30.5 Å². The number of halogens is 1. The molecule has 3 nitrogen and oxygen atoms in total. The van der Waals surface area contributed by atoms with E-state index in [1.807, 2.05) is 24.3 Å². The van der Waals surface area contributed by atoms with E-state index in [-0.39, 0.29) is 12.4 Å². The van der Waals surface area contributed by atoms with Crippen LogP contribution >= 0.6 is 0 Å². The van der Waals surface area contributed by atoms with Gasteiger partial charge in [-0.25, -0.2) is 4.39 Å². The molecule has 0 unspecified atom stereocenters. The molecule has 23 heavy (non-hydrogen) atoms. The molecule has 1 N–H and O–H groups in total. The molecule has 3 rings (SSSR count). The summed E-state index contributed by atoms with van der Waals surface area (Å²) in [5, 5.41) is 3.41. The summed E-state index contributed by atoms with van der Waals surface area (Å²) >= 11 is 0. The summed E-state index contributed by atoms with van der Waals surface area (Å²) in [6, 6.07) is 14.6. The zero-order valence-corrected chi connectivity index (χ0v) is 13.1. The Hall–Kier alpha value is -1.91. The predicted octanol–water partition coefficient (Wildman–Crippen LogP) is 3.67. The minimum atomic E-state index is -0.234. The highest BCUT2D eigenvalue weighted by Crippen LogP contribution is 2.17. The first-order chi connectivity index (χ1) is 11.3. The Bertz CT molecular complexity index is 626. The van der Waals surface area contributed by atoms with Crippen molar-refractivity contribution >= 4 is 0 Å². The summed E-state index contributed by atoms with van der Waals surface area (Å²) < 4.78 is 24.9. The van der Waals surface area contributed by atoms with Crippen molar-refractivity contribution in [3.8, 4) is 5.75 Å². The number of ether oxygens (including phenoxy) is 2. The lowest BCUT2D eigenvalue weighted by Gasteiger charge is -2.12. The summed E-state index contributed by atoms with van der Waals surface area (Å²) in [6.45, 7) is 2.77. The van der Waals surface area contributed by atoms with Crippen LogP contribution in [0.15, 0.2) is 48.5 Å². The Kier molecular flexibility index (Phi) is 5.61. The average Bonchev–Trinajstić information content (AvgIpc) is 3.08. The van der Waals surface area contributed by atoms with Crippen molar-refractivity contribution in [1.82, 2.24) is 5.32 Å². The molecular formula is C19H22FNO2. The highest BCUT2D eigenvalue weighted by molar-refractivity contribution is 5.29. The van der Waals surface area contributed by atoms with Crippen LogP contribution in [0.4, 0.5) is 4.39 Å². The molecule has 0 saturated carbocycles. The molecule has 0 aromatic heterocycles. The van der Waals surface area contributed by atoms with Crippen LogP contribution < -0.4 is 10.1 Å². The molecule has 1 atom stereocenters. The van der Waals surface area contributed by atoms with E-state index in [1.165, 1.54) is 6.07 Å². The van der Waals surface area contributed by atoms with E-state index in [1.54, 1.807) is 12.1 Å². The highest BCUT2D eigenvalue weighted by atomic mass is 19.1. The lowest BCUT2D eigenvalue weighted by molar-refractivity contribution is 0.110. The van der Waals surface area contributed by atoms with Gasteiger partial charge >= 0.3 is 0 Å². The molecule has 1 aliphatic rings. The zero-order chi connectivity index (χ0) is 15.9. The van der Waals surface area contributed by atoms with Crippen LogP contribution in [0.3, 0.4) is 0 Å². The van der Waals surface area contributed by atoms with Gasteiger partial charge in [0.25, 0.3) is 0 Å². The highest BCUT2D eigenvalue weighted by Gasteiger charge is 2.14. The lowest BCUT2D eigenvalue weighted by atomic mass is 10.2. The van der Waals surface area contributed by atoms with Crippen LogP contribution in [0.1, 0.15) is 24.0 Å². The first-order valence-electron chi connectivity index (χ1n) is 8.09. The fraction of sp³-hybridized carbons (Fsp3) is 0.368. The summed E-state index contributed by atoms with van der Waals surface area (Å²) in [6.07, 6.45) is 2.64. The first-order valence-corrected chi connectivity index (χ1v) is 8.09. The molecule has 1 heterocycles. The molecule has 1 saturated heterocycles. The van der Waals surface area contributed by atoms with Gasteiger partial charge < -0.3 is 14.8 Å². The molecule has 0 amide bonds. The van der Waals surface area contributed by atoms with Crippen LogP contribution in [-0.2, 0) is 17.9 Å². The zero-order valence-electron chi connectivity index (χ0n) is 13.1. The van der Waals surface area contributed by atoms with Gasteiger partial charge in [0, 0.05) is 25.3 Å². The molecule has 122 valence electrons. The van der Waals surface area contributed by atoms with Crippen LogP contribution in [0.2, 0.25) is 0 Å². The standard InChI is InChI=1S/C19H22FNO2/c20-19-9-2-1-6-16(19)14-23-17-7-3-5-15(11-17)12-21-13-18-8-4-10-22-18/h1-3,5-7,9,11,18,21H,4,8,10,12-14H2/t18-/m1/s1. The third-order valence-corrected chi connectivity index (χ3v) is 3.98. The van der Waals surface area contributed by atoms with Crippen molar-refractivity contribution in [1.29, 1.82) is 0 Å². The van der Waals surface area contributed by atoms with Crippen LogP contribution in [0, 0.1) is 5.82 Å². The SMILES string of the molecule is Fc1ccccc1COc1cccc(CNC[C@H]2CCCO2)c1. The van der Waals surface area contributed by atoms with E-state index in [4.69, 9.17) is 9.47 Å². The smallest absolute Gasteiger partial charge is 0.129 e. The second-order valence-corrected chi connectivity index (χ2v) is 5.79. The number of hydrogen-bond donors (Lipinski definition) is 1. The van der Waals surface area contributed by atoms with E-state index in [0.29, 0.717) is 11.7 Å². The fourth-order valence-corrected chi connectivity index (χ4v) is 2.70. The first kappa shape index (κ1) is 16.0. The van der Waals surface area contributed by atoms with Crippen molar-refractivity contribution in [3.63, 3.8) is 0 Å². The Morgan fingerprint density at radius 2 is 2.09 bits per heavy atom. The van der Waals surface area contributed by atoms with Crippen LogP contribution in [-0.4, -0.2) is 19.3 Å². The quantitative estimate of drug-likeness (QED) is 0.845. The Labute approximate surface area is 136 Å². The van der Waals surface area contributed by atoms with Gasteiger partial charge in [0.1, 0.15) is 18.2 Å². The molecular weight excluding hydrogens is 293 g/mol. The maximum Gasteiger partial charge on any atom is 0.129 e. The van der Waals surface area contributed by atoms with E-state index in [2.05, 4.69) is 11.4 Å². The summed E-state index contributed by atoms with van der Waals surface area (Å²) in [4.78, 5) is 0. The third-order valence-electron chi connectivity index (χ3n) is 3.98. The van der Waals surface area contributed by atoms with Crippen molar-refractivity contribution < 1.29 is 13.9 Å². The van der Waals surface area contributed by atoms with Crippen molar-refractivity contribution in [3.05, 3.63) is 65.5 Å². The number of benzene rings is 2. The summed E-state index contributed by atoms with van der Waals surface area (Å²) in [5.41, 5.74) is 1.71. The van der Waals surface area contributed by atoms with E-state index < -0.39 is 0 Å². The van der Waals surface area contributed by atoms with Crippen molar-refractivity contribution in [2.45, 2.75) is 32.1 Å². The molecule has 1 fully saturated rings. The molecule has 4 heteroatoms. The third kappa shape index (κ3) is 4.78. The normalized spacial score (nSPS) is 17.3. The van der Waals surface area contributed by atoms with Gasteiger partial charge in [-0.3, -0.25) is 0 Å². The largest absolute Gasteiger partial charge is 0.489 e. The second kappa shape index (κ2) is 8.09. The molecule has 0 radical (unpaired) electrons. The van der Waals surface area contributed by atoms with Crippen molar-refractivity contribution in [2.75, 3.05) is 13.2 Å². The maximum atomic E-state index is 13.6. The molecule has 0 spiro atoms. The Balaban J connectivity index is 1.49. The summed E-state index contributed by atoms with van der Waals surface area (Å²) in [7, 11) is 0. The maximum absolute atomic E-state index is 13.6. The van der Waals surface area contributed by atoms with Crippen molar-refractivity contribution in [2.24, 2.45) is 0 Å². The van der Waals surface area contributed by atoms with Gasteiger partial charge in [0.15, 0.2) is 0 Å². The predicted molar refractivity (Wildman–Crippen MR) is 87.9 cm³/mol. The van der Waals surface area contributed by atoms with Crippen LogP contribution in [0.5, 0.6) is 5.75 Å². The van der Waals surface area contributed by atoms with Gasteiger partial charge in [-0.2, -0.15) is 0 Å². The molecule has 1 aliphatic heterocycles. The minimum Gasteiger partial charge on any atom is -0.489 e. The van der Waals surface area contributed by atoms with Crippen LogP contribution in [0.25, 0.3) is 0 Å². The average molecular weight is 315 g/mol. The van der Waals surface area contributed by atoms with Gasteiger partial charge in [0.2, 0.25) is 0 Å². The monoisotopic (exact) mass is 315 g/mol. The van der Waals surface area contributed by atoms with Gasteiger partial charge in [-0.15, -0.1) is 0 Å². The fourth-order valence-electron chi connectivity index (χ4n) is 2.70. The molecule has 2 aromatic rings. The van der Waals surface area contributed by atoms with E-state index in [0.717, 1.165) is 43.9 Å². The second-order valence-electron chi connectivity index (χ2n) is 5.79. The molecule has 0 bridgehead atoms. The van der Waals surface area contributed by atoms with E-state index >= 15 is 0 Å². The summed E-state index contributed by atoms with van der Waals surface area (Å²) in [5.74, 6) is 0.520. The Morgan fingerprint density at radius 1 is 1.17 bits per heavy atom.